The van der Waals surface area contributed by atoms with Crippen LogP contribution in [0, 0.1) is 6.92 Å². The molecule has 2 aromatic heterocycles. The maximum absolute atomic E-state index is 11.3. The summed E-state index contributed by atoms with van der Waals surface area (Å²) >= 11 is 1.47. The maximum Gasteiger partial charge on any atom is 0.171 e. The van der Waals surface area contributed by atoms with E-state index in [9.17, 15) is 4.79 Å². The van der Waals surface area contributed by atoms with Crippen molar-refractivity contribution in [2.24, 2.45) is 0 Å². The zero-order valence-electron chi connectivity index (χ0n) is 9.23. The minimum absolute atomic E-state index is 0.0902. The van der Waals surface area contributed by atoms with Gasteiger partial charge in [0.05, 0.1) is 15.6 Å². The molecule has 0 aliphatic rings. The van der Waals surface area contributed by atoms with E-state index in [1.807, 2.05) is 25.3 Å². The van der Waals surface area contributed by atoms with E-state index in [0.29, 0.717) is 0 Å². The summed E-state index contributed by atoms with van der Waals surface area (Å²) in [5, 5.41) is 0.968. The molecular weight excluding hydrogens is 220 g/mol. The molecule has 0 saturated heterocycles. The Morgan fingerprint density at radius 1 is 1.50 bits per heavy atom. The van der Waals surface area contributed by atoms with Gasteiger partial charge in [0, 0.05) is 25.7 Å². The molecule has 16 heavy (non-hydrogen) atoms. The fourth-order valence-corrected chi connectivity index (χ4v) is 2.53. The molecule has 0 N–H and O–H groups in total. The van der Waals surface area contributed by atoms with Gasteiger partial charge in [0.15, 0.2) is 5.78 Å². The molecule has 2 heterocycles. The lowest BCUT2D eigenvalue weighted by molar-refractivity contribution is 0.102. The van der Waals surface area contributed by atoms with Crippen molar-refractivity contribution in [2.45, 2.75) is 20.3 Å². The number of rotatable bonds is 3. The summed E-state index contributed by atoms with van der Waals surface area (Å²) in [4.78, 5) is 20.5. The quantitative estimate of drug-likeness (QED) is 0.764. The van der Waals surface area contributed by atoms with Crippen LogP contribution in [-0.2, 0) is 6.42 Å². The number of Topliss-reactive ketones (excluding diaryl/α,β-unsaturated/α-hetero) is 1. The second kappa shape index (κ2) is 4.53. The summed E-state index contributed by atoms with van der Waals surface area (Å²) in [5.41, 5.74) is 1.95. The summed E-state index contributed by atoms with van der Waals surface area (Å²) in [5.74, 6) is 0.0902. The number of thiazole rings is 1. The summed E-state index contributed by atoms with van der Waals surface area (Å²) in [6.45, 7) is 3.45. The lowest BCUT2D eigenvalue weighted by atomic mass is 10.2. The first-order valence-corrected chi connectivity index (χ1v) is 5.84. The predicted octanol–water partition coefficient (Wildman–Crippen LogP) is 2.64. The number of carbonyl (C=O) groups is 1. The number of aryl methyl sites for hydroxylation is 1. The van der Waals surface area contributed by atoms with Crippen molar-refractivity contribution in [1.29, 1.82) is 0 Å². The molecule has 0 fully saturated rings. The highest BCUT2D eigenvalue weighted by atomic mass is 32.1. The number of aromatic nitrogens is 2. The van der Waals surface area contributed by atoms with Gasteiger partial charge in [0.1, 0.15) is 0 Å². The molecule has 0 atom stereocenters. The van der Waals surface area contributed by atoms with Crippen molar-refractivity contribution in [2.75, 3.05) is 0 Å². The third-order valence-corrected chi connectivity index (χ3v) is 3.50. The van der Waals surface area contributed by atoms with Crippen molar-refractivity contribution >= 4 is 17.1 Å². The van der Waals surface area contributed by atoms with Gasteiger partial charge in [0.2, 0.25) is 0 Å². The van der Waals surface area contributed by atoms with Gasteiger partial charge in [-0.3, -0.25) is 9.78 Å². The van der Waals surface area contributed by atoms with Crippen molar-refractivity contribution < 1.29 is 4.79 Å². The highest BCUT2D eigenvalue weighted by Gasteiger charge is 2.11. The van der Waals surface area contributed by atoms with E-state index in [4.69, 9.17) is 0 Å². The van der Waals surface area contributed by atoms with Crippen molar-refractivity contribution in [3.63, 3.8) is 0 Å². The predicted molar refractivity (Wildman–Crippen MR) is 63.9 cm³/mol. The van der Waals surface area contributed by atoms with Crippen LogP contribution in [0.25, 0.3) is 0 Å². The fraction of sp³-hybridized carbons (Fsp3) is 0.250. The summed E-state index contributed by atoms with van der Waals surface area (Å²) in [6, 6.07) is 3.92. The van der Waals surface area contributed by atoms with E-state index in [-0.39, 0.29) is 5.78 Å². The first-order chi connectivity index (χ1) is 7.66. The van der Waals surface area contributed by atoms with Crippen LogP contribution in [0.15, 0.2) is 24.5 Å². The van der Waals surface area contributed by atoms with E-state index >= 15 is 0 Å². The molecule has 0 unspecified atom stereocenters. The molecule has 0 aliphatic heterocycles. The Bertz CT molecular complexity index is 505. The van der Waals surface area contributed by atoms with Crippen LogP contribution >= 0.6 is 11.3 Å². The van der Waals surface area contributed by atoms with Gasteiger partial charge in [0.25, 0.3) is 0 Å². The average molecular weight is 232 g/mol. The minimum atomic E-state index is 0.0902. The molecule has 2 aromatic rings. The monoisotopic (exact) mass is 232 g/mol. The maximum atomic E-state index is 11.3. The topological polar surface area (TPSA) is 42.9 Å². The average Bonchev–Trinajstić information content (AvgIpc) is 2.61. The van der Waals surface area contributed by atoms with Gasteiger partial charge in [-0.05, 0) is 18.6 Å². The van der Waals surface area contributed by atoms with Gasteiger partial charge in [-0.2, -0.15) is 0 Å². The molecule has 3 nitrogen and oxygen atoms in total. The van der Waals surface area contributed by atoms with Gasteiger partial charge in [-0.25, -0.2) is 4.98 Å². The number of hydrogen-bond donors (Lipinski definition) is 0. The molecule has 0 spiro atoms. The summed E-state index contributed by atoms with van der Waals surface area (Å²) in [6.07, 6.45) is 4.31. The lowest BCUT2D eigenvalue weighted by Crippen LogP contribution is -1.89. The minimum Gasteiger partial charge on any atom is -0.294 e. The molecule has 0 aromatic carbocycles. The number of nitrogens with zero attached hydrogens (tertiary/aromatic N) is 2. The van der Waals surface area contributed by atoms with Crippen molar-refractivity contribution in [3.8, 4) is 0 Å². The molecule has 0 aliphatic carbocycles. The third kappa shape index (κ3) is 2.33. The zero-order valence-corrected chi connectivity index (χ0v) is 10.0. The van der Waals surface area contributed by atoms with Gasteiger partial charge in [-0.15, -0.1) is 11.3 Å². The van der Waals surface area contributed by atoms with Crippen LogP contribution in [0.2, 0.25) is 0 Å². The van der Waals surface area contributed by atoms with Crippen molar-refractivity contribution in [1.82, 2.24) is 9.97 Å². The van der Waals surface area contributed by atoms with Crippen molar-refractivity contribution in [3.05, 3.63) is 45.7 Å². The molecule has 2 rings (SSSR count). The first kappa shape index (κ1) is 11.0. The van der Waals surface area contributed by atoms with Gasteiger partial charge >= 0.3 is 0 Å². The SMILES string of the molecule is CC(=O)c1sc(Cc2cccnc2)nc1C. The fourth-order valence-electron chi connectivity index (χ4n) is 1.53. The number of hydrogen-bond acceptors (Lipinski definition) is 4. The van der Waals surface area contributed by atoms with E-state index in [1.54, 1.807) is 13.1 Å². The Balaban J connectivity index is 2.23. The summed E-state index contributed by atoms with van der Waals surface area (Å²) < 4.78 is 0. The highest BCUT2D eigenvalue weighted by Crippen LogP contribution is 2.20. The Hall–Kier alpha value is -1.55. The molecule has 0 bridgehead atoms. The molecule has 4 heteroatoms. The molecule has 0 saturated carbocycles. The van der Waals surface area contributed by atoms with Crippen LogP contribution in [0.4, 0.5) is 0 Å². The van der Waals surface area contributed by atoms with Crippen LogP contribution in [0.1, 0.15) is 32.9 Å². The Kier molecular flexibility index (Phi) is 3.10. The third-order valence-electron chi connectivity index (χ3n) is 2.24. The second-order valence-electron chi connectivity index (χ2n) is 3.62. The van der Waals surface area contributed by atoms with E-state index in [2.05, 4.69) is 9.97 Å². The first-order valence-electron chi connectivity index (χ1n) is 5.03. The second-order valence-corrected chi connectivity index (χ2v) is 4.70. The molecule has 82 valence electrons. The van der Waals surface area contributed by atoms with Crippen LogP contribution < -0.4 is 0 Å². The normalized spacial score (nSPS) is 10.4. The summed E-state index contributed by atoms with van der Waals surface area (Å²) in [7, 11) is 0. The molecular formula is C12H12N2OS. The lowest BCUT2D eigenvalue weighted by Gasteiger charge is -1.94. The van der Waals surface area contributed by atoms with E-state index < -0.39 is 0 Å². The number of pyridine rings is 1. The largest absolute Gasteiger partial charge is 0.294 e. The van der Waals surface area contributed by atoms with Gasteiger partial charge in [-0.1, -0.05) is 6.07 Å². The number of ketones is 1. The number of carbonyl (C=O) groups excluding carboxylic acids is 1. The Morgan fingerprint density at radius 2 is 2.31 bits per heavy atom. The molecule has 0 amide bonds. The highest BCUT2D eigenvalue weighted by molar-refractivity contribution is 7.13. The van der Waals surface area contributed by atoms with E-state index in [0.717, 1.165) is 27.6 Å². The van der Waals surface area contributed by atoms with Gasteiger partial charge < -0.3 is 0 Å². The van der Waals surface area contributed by atoms with Crippen LogP contribution in [0.5, 0.6) is 0 Å². The standard InChI is InChI=1S/C12H12N2OS/c1-8-12(9(2)15)16-11(14-8)6-10-4-3-5-13-7-10/h3-5,7H,6H2,1-2H3. The van der Waals surface area contributed by atoms with E-state index in [1.165, 1.54) is 11.3 Å². The van der Waals surface area contributed by atoms with Crippen LogP contribution in [-0.4, -0.2) is 15.8 Å². The Labute approximate surface area is 98.2 Å². The zero-order chi connectivity index (χ0) is 11.5. The smallest absolute Gasteiger partial charge is 0.171 e. The van der Waals surface area contributed by atoms with Crippen LogP contribution in [0.3, 0.4) is 0 Å². The molecule has 0 radical (unpaired) electrons. The Morgan fingerprint density at radius 3 is 2.88 bits per heavy atom.